The third-order valence-electron chi connectivity index (χ3n) is 3.35. The zero-order valence-corrected chi connectivity index (χ0v) is 17.1. The molecule has 27 heavy (non-hydrogen) atoms. The average molecular weight is 436 g/mol. The molecule has 0 saturated carbocycles. The van der Waals surface area contributed by atoms with Gasteiger partial charge < -0.3 is 14.7 Å². The molecule has 0 heterocycles. The van der Waals surface area contributed by atoms with Crippen molar-refractivity contribution in [1.82, 2.24) is 0 Å². The van der Waals surface area contributed by atoms with Gasteiger partial charge in [0.05, 0.1) is 6.61 Å². The lowest BCUT2D eigenvalue weighted by Gasteiger charge is -2.11. The normalized spacial score (nSPS) is 17.1. The van der Waals surface area contributed by atoms with E-state index in [4.69, 9.17) is 14.7 Å². The third kappa shape index (κ3) is 14.9. The second-order valence-corrected chi connectivity index (χ2v) is 8.73. The summed E-state index contributed by atoms with van der Waals surface area (Å²) in [4.78, 5) is 26.0. The van der Waals surface area contributed by atoms with E-state index in [1.54, 1.807) is 6.92 Å². The van der Waals surface area contributed by atoms with Gasteiger partial charge in [0.15, 0.2) is 0 Å². The fourth-order valence-corrected chi connectivity index (χ4v) is 3.34. The molecule has 0 fully saturated rings. The zero-order valence-electron chi connectivity index (χ0n) is 15.3. The molecule has 0 aromatic rings. The first kappa shape index (κ1) is 26.3. The Morgan fingerprint density at radius 1 is 0.926 bits per heavy atom. The third-order valence-corrected chi connectivity index (χ3v) is 5.50. The van der Waals surface area contributed by atoms with Crippen LogP contribution in [0.5, 0.6) is 0 Å². The number of phosphoric acid groups is 2. The highest BCUT2D eigenvalue weighted by Gasteiger charge is 2.32. The Morgan fingerprint density at radius 2 is 1.41 bits per heavy atom. The predicted octanol–water partition coefficient (Wildman–Crippen LogP) is 5.17. The van der Waals surface area contributed by atoms with Gasteiger partial charge in [0.2, 0.25) is 0 Å². The van der Waals surface area contributed by atoms with Crippen LogP contribution in [0.3, 0.4) is 0 Å². The number of rotatable bonds is 11. The van der Waals surface area contributed by atoms with Crippen molar-refractivity contribution in [2.75, 3.05) is 6.61 Å². The molecule has 158 valence electrons. The second-order valence-electron chi connectivity index (χ2n) is 5.90. The van der Waals surface area contributed by atoms with E-state index in [0.29, 0.717) is 25.7 Å². The van der Waals surface area contributed by atoms with Crippen molar-refractivity contribution in [2.24, 2.45) is 0 Å². The first-order valence-electron chi connectivity index (χ1n) is 7.92. The standard InChI is InChI=1S/C15H25F3O7P2/c1-12(8-5-9-14(3)15(16,17)18)6-4-7-13(2)10-11-24-27(22,23)25-26(19,20)21/h6,9-10H,4-5,7-8,11H2,1-3H3,(H,22,23)(H2,19,20,21). The molecule has 3 N–H and O–H groups in total. The molecule has 1 atom stereocenters. The predicted molar refractivity (Wildman–Crippen MR) is 94.7 cm³/mol. The molecule has 7 nitrogen and oxygen atoms in total. The molecule has 12 heteroatoms. The lowest BCUT2D eigenvalue weighted by Crippen LogP contribution is -2.08. The fraction of sp³-hybridized carbons (Fsp3) is 0.600. The molecule has 0 aliphatic carbocycles. The maximum Gasteiger partial charge on any atom is 0.481 e. The van der Waals surface area contributed by atoms with Crippen molar-refractivity contribution >= 4 is 15.6 Å². The van der Waals surface area contributed by atoms with E-state index < -0.39 is 27.4 Å². The lowest BCUT2D eigenvalue weighted by atomic mass is 10.1. The Bertz CT molecular complexity index is 663. The summed E-state index contributed by atoms with van der Waals surface area (Å²) in [5, 5.41) is 0. The van der Waals surface area contributed by atoms with Crippen molar-refractivity contribution in [3.63, 3.8) is 0 Å². The molecule has 0 bridgehead atoms. The average Bonchev–Trinajstić information content (AvgIpc) is 2.43. The number of phosphoric ester groups is 1. The molecule has 0 aliphatic rings. The van der Waals surface area contributed by atoms with Gasteiger partial charge in [-0.25, -0.2) is 9.13 Å². The van der Waals surface area contributed by atoms with Gasteiger partial charge in [-0.3, -0.25) is 4.52 Å². The van der Waals surface area contributed by atoms with E-state index in [9.17, 15) is 22.3 Å². The topological polar surface area (TPSA) is 113 Å². The van der Waals surface area contributed by atoms with Gasteiger partial charge in [-0.2, -0.15) is 17.5 Å². The highest BCUT2D eigenvalue weighted by atomic mass is 31.3. The van der Waals surface area contributed by atoms with Gasteiger partial charge in [0, 0.05) is 5.57 Å². The SMILES string of the molecule is CC(=CCCC(C)=CCOP(=O)(O)OP(=O)(O)O)CCC=C(C)C(F)(F)F. The molecule has 0 amide bonds. The van der Waals surface area contributed by atoms with Crippen molar-refractivity contribution in [3.8, 4) is 0 Å². The van der Waals surface area contributed by atoms with E-state index >= 15 is 0 Å². The summed E-state index contributed by atoms with van der Waals surface area (Å²) in [7, 11) is -9.99. The van der Waals surface area contributed by atoms with Crippen molar-refractivity contribution < 1.29 is 45.8 Å². The highest BCUT2D eigenvalue weighted by Crippen LogP contribution is 2.57. The van der Waals surface area contributed by atoms with Gasteiger partial charge in [-0.15, -0.1) is 0 Å². The first-order valence-corrected chi connectivity index (χ1v) is 10.9. The molecule has 0 spiro atoms. The Hall–Kier alpha value is -0.730. The van der Waals surface area contributed by atoms with Crippen LogP contribution in [0.1, 0.15) is 46.5 Å². The summed E-state index contributed by atoms with van der Waals surface area (Å²) < 4.78 is 66.8. The second kappa shape index (κ2) is 11.3. The van der Waals surface area contributed by atoms with E-state index in [2.05, 4.69) is 8.83 Å². The van der Waals surface area contributed by atoms with Crippen LogP contribution in [-0.2, 0) is 18.0 Å². The Kier molecular flexibility index (Phi) is 11.0. The minimum atomic E-state index is -5.14. The van der Waals surface area contributed by atoms with Gasteiger partial charge in [0.1, 0.15) is 0 Å². The maximum atomic E-state index is 12.3. The van der Waals surface area contributed by atoms with Gasteiger partial charge in [0.25, 0.3) is 0 Å². The Labute approximate surface area is 156 Å². The summed E-state index contributed by atoms with van der Waals surface area (Å²) in [6, 6.07) is 0. The summed E-state index contributed by atoms with van der Waals surface area (Å²) in [5.41, 5.74) is 1.13. The van der Waals surface area contributed by atoms with Crippen LogP contribution in [0, 0.1) is 0 Å². The smallest absolute Gasteiger partial charge is 0.302 e. The quantitative estimate of drug-likeness (QED) is 0.302. The molecule has 0 saturated heterocycles. The number of allylic oxidation sites excluding steroid dienone is 5. The summed E-state index contributed by atoms with van der Waals surface area (Å²) >= 11 is 0. The van der Waals surface area contributed by atoms with E-state index in [-0.39, 0.29) is 6.61 Å². The minimum absolute atomic E-state index is 0.293. The highest BCUT2D eigenvalue weighted by molar-refractivity contribution is 7.60. The number of alkyl halides is 3. The van der Waals surface area contributed by atoms with Gasteiger partial charge >= 0.3 is 21.8 Å². The van der Waals surface area contributed by atoms with E-state index in [1.165, 1.54) is 6.08 Å². The Balaban J connectivity index is 4.28. The monoisotopic (exact) mass is 436 g/mol. The molecular weight excluding hydrogens is 411 g/mol. The fourth-order valence-electron chi connectivity index (χ4n) is 1.81. The van der Waals surface area contributed by atoms with Crippen LogP contribution in [0.25, 0.3) is 0 Å². The molecule has 0 aliphatic heterocycles. The van der Waals surface area contributed by atoms with E-state index in [1.807, 2.05) is 13.0 Å². The molecule has 0 aromatic heterocycles. The number of hydrogen-bond donors (Lipinski definition) is 3. The minimum Gasteiger partial charge on any atom is -0.302 e. The maximum absolute atomic E-state index is 12.3. The van der Waals surface area contributed by atoms with Gasteiger partial charge in [-0.1, -0.05) is 29.4 Å². The molecule has 0 rings (SSSR count). The van der Waals surface area contributed by atoms with Crippen LogP contribution in [0.2, 0.25) is 0 Å². The Morgan fingerprint density at radius 3 is 1.89 bits per heavy atom. The first-order chi connectivity index (χ1) is 12.1. The summed E-state index contributed by atoms with van der Waals surface area (Å²) in [6.07, 6.45) is 2.21. The molecular formula is C15H25F3O7P2. The number of hydrogen-bond acceptors (Lipinski definition) is 4. The van der Waals surface area contributed by atoms with Crippen molar-refractivity contribution in [2.45, 2.75) is 52.6 Å². The summed E-state index contributed by atoms with van der Waals surface area (Å²) in [5.74, 6) is 0. The van der Waals surface area contributed by atoms with Crippen LogP contribution in [-0.4, -0.2) is 27.5 Å². The zero-order chi connectivity index (χ0) is 21.3. The molecule has 0 radical (unpaired) electrons. The lowest BCUT2D eigenvalue weighted by molar-refractivity contribution is -0.0915. The van der Waals surface area contributed by atoms with Crippen LogP contribution in [0.15, 0.2) is 34.9 Å². The van der Waals surface area contributed by atoms with Crippen LogP contribution < -0.4 is 0 Å². The van der Waals surface area contributed by atoms with Crippen LogP contribution >= 0.6 is 15.6 Å². The van der Waals surface area contributed by atoms with Crippen LogP contribution in [0.4, 0.5) is 13.2 Å². The largest absolute Gasteiger partial charge is 0.481 e. The summed E-state index contributed by atoms with van der Waals surface area (Å²) in [6.45, 7) is 4.21. The van der Waals surface area contributed by atoms with Crippen molar-refractivity contribution in [1.29, 1.82) is 0 Å². The van der Waals surface area contributed by atoms with E-state index in [0.717, 1.165) is 24.1 Å². The van der Waals surface area contributed by atoms with Crippen molar-refractivity contribution in [3.05, 3.63) is 34.9 Å². The molecule has 1 unspecified atom stereocenters. The van der Waals surface area contributed by atoms with Gasteiger partial charge in [-0.05, 0) is 46.5 Å². The number of halogens is 3. The molecule has 0 aromatic carbocycles.